The highest BCUT2D eigenvalue weighted by Crippen LogP contribution is 2.43. The number of imidazole rings is 1. The molecule has 0 radical (unpaired) electrons. The fraction of sp³-hybridized carbons (Fsp3) is 0.524. The van der Waals surface area contributed by atoms with E-state index in [1.807, 2.05) is 4.90 Å². The zero-order valence-electron chi connectivity index (χ0n) is 18.7. The van der Waals surface area contributed by atoms with Crippen molar-refractivity contribution in [2.75, 3.05) is 31.2 Å². The highest BCUT2D eigenvalue weighted by Gasteiger charge is 2.45. The fourth-order valence-corrected chi connectivity index (χ4v) is 4.18. The van der Waals surface area contributed by atoms with E-state index in [1.165, 1.54) is 0 Å². The van der Waals surface area contributed by atoms with Gasteiger partial charge in [-0.2, -0.15) is 5.10 Å². The Morgan fingerprint density at radius 3 is 2.71 bits per heavy atom. The predicted molar refractivity (Wildman–Crippen MR) is 116 cm³/mol. The van der Waals surface area contributed by atoms with Gasteiger partial charge >= 0.3 is 0 Å². The Morgan fingerprint density at radius 1 is 1.14 bits per heavy atom. The van der Waals surface area contributed by atoms with Gasteiger partial charge in [0.1, 0.15) is 0 Å². The Morgan fingerprint density at radius 2 is 1.94 bits per heavy atom. The Labute approximate surface area is 198 Å². The molecule has 3 aromatic rings. The van der Waals surface area contributed by atoms with E-state index in [1.54, 1.807) is 23.0 Å². The minimum atomic E-state index is -2.63. The van der Waals surface area contributed by atoms with Crippen molar-refractivity contribution in [1.29, 1.82) is 0 Å². The van der Waals surface area contributed by atoms with Gasteiger partial charge in [0.2, 0.25) is 23.3 Å². The summed E-state index contributed by atoms with van der Waals surface area (Å²) in [6.45, 7) is 2.60. The minimum absolute atomic E-state index is 0.0901. The van der Waals surface area contributed by atoms with Gasteiger partial charge in [0.15, 0.2) is 5.65 Å². The molecule has 1 saturated carbocycles. The number of carbonyl (C=O) groups is 2. The van der Waals surface area contributed by atoms with E-state index in [9.17, 15) is 18.4 Å². The first-order chi connectivity index (χ1) is 16.9. The zero-order chi connectivity index (χ0) is 24.4. The molecule has 35 heavy (non-hydrogen) atoms. The molecule has 2 aliphatic rings. The maximum Gasteiger partial charge on any atom is 0.277 e. The normalized spacial score (nSPS) is 17.8. The third kappa shape index (κ3) is 5.37. The number of rotatable bonds is 8. The topological polar surface area (TPSA) is 140 Å². The van der Waals surface area contributed by atoms with Crippen molar-refractivity contribution in [3.63, 3.8) is 0 Å². The number of nitrogens with zero attached hydrogens (tertiary/aromatic N) is 6. The number of aromatic nitrogens is 5. The summed E-state index contributed by atoms with van der Waals surface area (Å²) in [5.74, 6) is -3.23. The summed E-state index contributed by atoms with van der Waals surface area (Å²) in [6, 6.07) is 1.76. The van der Waals surface area contributed by atoms with Gasteiger partial charge in [0.05, 0.1) is 37.8 Å². The summed E-state index contributed by atoms with van der Waals surface area (Å²) in [5, 5.41) is 17.4. The lowest BCUT2D eigenvalue weighted by Crippen LogP contribution is -2.38. The van der Waals surface area contributed by atoms with Crippen LogP contribution in [0.5, 0.6) is 0 Å². The van der Waals surface area contributed by atoms with Crippen LogP contribution in [-0.4, -0.2) is 69.0 Å². The standard InChI is InChI=1S/C21H24F2N8O4/c22-21(23)7-13(8-21)6-17(32)24-9-14-5-16-27-15(12-31(16)26-10-14)11-25-20(33)18-19(29-35-28-18)30-1-3-34-4-2-30/h5,10,12-13H,1-4,6-9,11H2,(H,24,32)(H,25,33). The van der Waals surface area contributed by atoms with Gasteiger partial charge in [-0.25, -0.2) is 22.9 Å². The average Bonchev–Trinajstić information content (AvgIpc) is 3.47. The van der Waals surface area contributed by atoms with Gasteiger partial charge in [-0.1, -0.05) is 0 Å². The van der Waals surface area contributed by atoms with Crippen LogP contribution in [-0.2, 0) is 22.6 Å². The Hall–Kier alpha value is -3.68. The molecule has 3 aromatic heterocycles. The molecule has 186 valence electrons. The second-order valence-corrected chi connectivity index (χ2v) is 8.73. The lowest BCUT2D eigenvalue weighted by molar-refractivity contribution is -0.133. The third-order valence-corrected chi connectivity index (χ3v) is 5.99. The average molecular weight is 490 g/mol. The zero-order valence-corrected chi connectivity index (χ0v) is 18.7. The number of carbonyl (C=O) groups excluding carboxylic acids is 2. The van der Waals surface area contributed by atoms with Gasteiger partial charge in [0.25, 0.3) is 5.91 Å². The minimum Gasteiger partial charge on any atom is -0.378 e. The van der Waals surface area contributed by atoms with E-state index in [-0.39, 0.29) is 49.9 Å². The number of anilines is 1. The van der Waals surface area contributed by atoms with E-state index in [2.05, 4.69) is 31.0 Å². The molecule has 0 bridgehead atoms. The van der Waals surface area contributed by atoms with Gasteiger partial charge in [-0.05, 0) is 27.9 Å². The summed E-state index contributed by atoms with van der Waals surface area (Å²) in [4.78, 5) is 31.0. The monoisotopic (exact) mass is 490 g/mol. The number of nitrogens with one attached hydrogen (secondary N) is 2. The highest BCUT2D eigenvalue weighted by molar-refractivity contribution is 5.96. The van der Waals surface area contributed by atoms with E-state index in [4.69, 9.17) is 9.37 Å². The molecule has 1 saturated heterocycles. The van der Waals surface area contributed by atoms with Crippen molar-refractivity contribution in [3.05, 3.63) is 35.4 Å². The quantitative estimate of drug-likeness (QED) is 0.472. The second kappa shape index (κ2) is 9.52. The largest absolute Gasteiger partial charge is 0.378 e. The molecule has 0 aromatic carbocycles. The molecule has 1 aliphatic heterocycles. The molecule has 2 N–H and O–H groups in total. The maximum atomic E-state index is 12.9. The van der Waals surface area contributed by atoms with E-state index >= 15 is 0 Å². The molecule has 14 heteroatoms. The fourth-order valence-electron chi connectivity index (χ4n) is 4.18. The van der Waals surface area contributed by atoms with Gasteiger partial charge < -0.3 is 20.3 Å². The van der Waals surface area contributed by atoms with Crippen LogP contribution in [0.2, 0.25) is 0 Å². The first-order valence-corrected chi connectivity index (χ1v) is 11.3. The molecule has 5 rings (SSSR count). The predicted octanol–water partition coefficient (Wildman–Crippen LogP) is 0.931. The van der Waals surface area contributed by atoms with Gasteiger partial charge in [-0.15, -0.1) is 0 Å². The van der Waals surface area contributed by atoms with E-state index < -0.39 is 11.8 Å². The Balaban J connectivity index is 1.14. The van der Waals surface area contributed by atoms with Crippen molar-refractivity contribution in [2.24, 2.45) is 5.92 Å². The molecular weight excluding hydrogens is 466 g/mol. The number of amides is 2. The molecule has 12 nitrogen and oxygen atoms in total. The molecule has 2 amide bonds. The summed E-state index contributed by atoms with van der Waals surface area (Å²) in [5.41, 5.74) is 1.92. The Kier molecular flexibility index (Phi) is 6.28. The molecule has 2 fully saturated rings. The molecule has 4 heterocycles. The number of halogens is 2. The van der Waals surface area contributed by atoms with Crippen LogP contribution in [0.15, 0.2) is 23.1 Å². The summed E-state index contributed by atoms with van der Waals surface area (Å²) in [6.07, 6.45) is 2.89. The molecular formula is C21H24F2N8O4. The van der Waals surface area contributed by atoms with Crippen LogP contribution >= 0.6 is 0 Å². The lowest BCUT2D eigenvalue weighted by Gasteiger charge is -2.34. The summed E-state index contributed by atoms with van der Waals surface area (Å²) >= 11 is 0. The highest BCUT2D eigenvalue weighted by atomic mass is 19.3. The molecule has 0 spiro atoms. The first-order valence-electron chi connectivity index (χ1n) is 11.3. The number of hydrogen-bond acceptors (Lipinski definition) is 9. The van der Waals surface area contributed by atoms with Crippen LogP contribution in [0, 0.1) is 5.92 Å². The van der Waals surface area contributed by atoms with Crippen LogP contribution in [0.25, 0.3) is 5.65 Å². The number of hydrogen-bond donors (Lipinski definition) is 2. The van der Waals surface area contributed by atoms with Crippen molar-refractivity contribution in [3.8, 4) is 0 Å². The molecule has 0 atom stereocenters. The van der Waals surface area contributed by atoms with Crippen molar-refractivity contribution < 1.29 is 27.7 Å². The van der Waals surface area contributed by atoms with E-state index in [0.717, 1.165) is 5.56 Å². The van der Waals surface area contributed by atoms with Crippen molar-refractivity contribution in [1.82, 2.24) is 35.5 Å². The van der Waals surface area contributed by atoms with Gasteiger partial charge in [0, 0.05) is 38.9 Å². The summed E-state index contributed by atoms with van der Waals surface area (Å²) < 4.78 is 37.5. The number of ether oxygens (including phenoxy) is 1. The summed E-state index contributed by atoms with van der Waals surface area (Å²) in [7, 11) is 0. The van der Waals surface area contributed by atoms with Gasteiger partial charge in [-0.3, -0.25) is 9.59 Å². The first kappa shape index (κ1) is 23.1. The van der Waals surface area contributed by atoms with Crippen LogP contribution in [0.4, 0.5) is 14.6 Å². The smallest absolute Gasteiger partial charge is 0.277 e. The lowest BCUT2D eigenvalue weighted by atomic mass is 9.79. The number of fused-ring (bicyclic) bond motifs is 1. The SMILES string of the molecule is O=C(CC1CC(F)(F)C1)NCc1cnn2cc(CNC(=O)c3nonc3N3CCOCC3)nc2c1. The van der Waals surface area contributed by atoms with Crippen LogP contribution < -0.4 is 15.5 Å². The Bertz CT molecular complexity index is 1220. The number of morpholine rings is 1. The van der Waals surface area contributed by atoms with Crippen LogP contribution in [0.1, 0.15) is 41.0 Å². The molecule has 1 aliphatic carbocycles. The van der Waals surface area contributed by atoms with Crippen molar-refractivity contribution >= 4 is 23.3 Å². The second-order valence-electron chi connectivity index (χ2n) is 8.73. The third-order valence-electron chi connectivity index (χ3n) is 5.99. The van der Waals surface area contributed by atoms with Crippen LogP contribution in [0.3, 0.4) is 0 Å². The van der Waals surface area contributed by atoms with Crippen molar-refractivity contribution in [2.45, 2.75) is 38.3 Å². The molecule has 0 unspecified atom stereocenters. The number of alkyl halides is 2. The van der Waals surface area contributed by atoms with E-state index in [0.29, 0.717) is 43.5 Å². The maximum absolute atomic E-state index is 12.9.